The van der Waals surface area contributed by atoms with Crippen molar-refractivity contribution in [3.63, 3.8) is 0 Å². The Kier molecular flexibility index (Phi) is 6.35. The number of hydrogen-bond acceptors (Lipinski definition) is 11. The van der Waals surface area contributed by atoms with Crippen LogP contribution in [-0.4, -0.2) is 77.0 Å². The standard InChI is InChI=1S/C13H19N2O10PS2/c1-28(21,22)6-7-4-23-26(20,27-7)24-5-8-10(17)11(18)12(25-8)15-3-2-9(16)14-13(15)19/h2-3,7-8,10-12,17-18H,4-6H2,1H3,(H,14,16,19)/t7?,8-,10-,11-,12-,26?/m1/s1. The summed E-state index contributed by atoms with van der Waals surface area (Å²) in [4.78, 5) is 37.5. The maximum atomic E-state index is 12.5. The second-order valence-electron chi connectivity index (χ2n) is 6.42. The fourth-order valence-corrected chi connectivity index (χ4v) is 8.59. The van der Waals surface area contributed by atoms with Crippen molar-refractivity contribution >= 4 is 28.4 Å². The lowest BCUT2D eigenvalue weighted by Crippen LogP contribution is -2.37. The highest BCUT2D eigenvalue weighted by Crippen LogP contribution is 2.70. The normalized spacial score (nSPS) is 36.1. The van der Waals surface area contributed by atoms with Gasteiger partial charge in [-0.25, -0.2) is 13.2 Å². The summed E-state index contributed by atoms with van der Waals surface area (Å²) < 4.78 is 39.3. The molecule has 1 aromatic heterocycles. The molecule has 15 heteroatoms. The average molecular weight is 458 g/mol. The van der Waals surface area contributed by atoms with E-state index in [0.29, 0.717) is 0 Å². The van der Waals surface area contributed by atoms with Gasteiger partial charge in [-0.15, -0.1) is 0 Å². The van der Waals surface area contributed by atoms with Crippen molar-refractivity contribution in [1.82, 2.24) is 9.55 Å². The monoisotopic (exact) mass is 458 g/mol. The van der Waals surface area contributed by atoms with Crippen molar-refractivity contribution in [2.75, 3.05) is 25.2 Å². The molecule has 0 amide bonds. The Morgan fingerprint density at radius 2 is 2.14 bits per heavy atom. The molecule has 0 spiro atoms. The smallest absolute Gasteiger partial charge is 0.330 e. The molecule has 6 atom stereocenters. The summed E-state index contributed by atoms with van der Waals surface area (Å²) in [6.45, 7) is -0.496. The molecule has 0 aliphatic carbocycles. The highest BCUT2D eigenvalue weighted by atomic mass is 32.7. The molecule has 3 heterocycles. The molecule has 2 fully saturated rings. The minimum atomic E-state index is -3.66. The van der Waals surface area contributed by atoms with E-state index in [9.17, 15) is 33.1 Å². The summed E-state index contributed by atoms with van der Waals surface area (Å²) in [5, 5.41) is 19.7. The highest BCUT2D eigenvalue weighted by Gasteiger charge is 2.49. The minimum Gasteiger partial charge on any atom is -0.622 e. The third-order valence-corrected chi connectivity index (χ3v) is 9.35. The van der Waals surface area contributed by atoms with Gasteiger partial charge >= 0.3 is 5.69 Å². The molecular formula is C13H19N2O10PS2. The third kappa shape index (κ3) is 5.01. The maximum absolute atomic E-state index is 12.5. The number of aliphatic hydroxyl groups is 2. The number of H-pyrrole nitrogens is 1. The first-order valence-corrected chi connectivity index (χ1v) is 13.1. The predicted molar refractivity (Wildman–Crippen MR) is 97.2 cm³/mol. The number of sulfone groups is 1. The summed E-state index contributed by atoms with van der Waals surface area (Å²) >= 11 is 0.764. The Bertz CT molecular complexity index is 936. The Balaban J connectivity index is 1.62. The van der Waals surface area contributed by atoms with Crippen molar-refractivity contribution in [2.45, 2.75) is 29.8 Å². The molecule has 2 aliphatic heterocycles. The SMILES string of the molecule is CS(=O)(=O)CC1CO[P+]([O-])(OC[C@H]2O[C@@H](n3ccc(=O)[nH]c3=O)[C@H](O)[C@@H]2O)S1. The number of ether oxygens (including phenoxy) is 1. The summed E-state index contributed by atoms with van der Waals surface area (Å²) in [5.41, 5.74) is -1.47. The van der Waals surface area contributed by atoms with Crippen LogP contribution < -0.4 is 16.1 Å². The molecule has 3 N–H and O–H groups in total. The highest BCUT2D eigenvalue weighted by molar-refractivity contribution is 8.57. The first-order chi connectivity index (χ1) is 13.0. The largest absolute Gasteiger partial charge is 0.622 e. The molecule has 0 radical (unpaired) electrons. The van der Waals surface area contributed by atoms with Crippen LogP contribution in [0.5, 0.6) is 0 Å². The lowest BCUT2D eigenvalue weighted by molar-refractivity contribution is -0.210. The van der Waals surface area contributed by atoms with Gasteiger partial charge in [0, 0.05) is 18.5 Å². The van der Waals surface area contributed by atoms with Crippen LogP contribution in [0.15, 0.2) is 21.9 Å². The predicted octanol–water partition coefficient (Wildman–Crippen LogP) is -2.61. The molecular weight excluding hydrogens is 439 g/mol. The molecule has 3 rings (SSSR count). The first-order valence-electron chi connectivity index (χ1n) is 8.06. The quantitative estimate of drug-likeness (QED) is 0.380. The van der Waals surface area contributed by atoms with Gasteiger partial charge in [-0.05, 0) is 0 Å². The Labute approximate surface area is 163 Å². The zero-order valence-corrected chi connectivity index (χ0v) is 17.1. The molecule has 0 bridgehead atoms. The van der Waals surface area contributed by atoms with Crippen molar-refractivity contribution < 1.29 is 37.3 Å². The maximum Gasteiger partial charge on any atom is 0.330 e. The van der Waals surface area contributed by atoms with E-state index in [4.69, 9.17) is 13.8 Å². The van der Waals surface area contributed by atoms with Crippen LogP contribution >= 0.6 is 18.5 Å². The van der Waals surface area contributed by atoms with Gasteiger partial charge in [-0.1, -0.05) is 0 Å². The summed E-state index contributed by atoms with van der Waals surface area (Å²) in [7, 11) is -6.94. The zero-order chi connectivity index (χ0) is 20.7. The van der Waals surface area contributed by atoms with Gasteiger partial charge < -0.3 is 19.8 Å². The van der Waals surface area contributed by atoms with E-state index in [0.717, 1.165) is 34.5 Å². The van der Waals surface area contributed by atoms with E-state index in [1.807, 2.05) is 4.98 Å². The Morgan fingerprint density at radius 1 is 1.43 bits per heavy atom. The van der Waals surface area contributed by atoms with E-state index >= 15 is 0 Å². The van der Waals surface area contributed by atoms with Crippen LogP contribution in [0.4, 0.5) is 0 Å². The van der Waals surface area contributed by atoms with Gasteiger partial charge in [0.1, 0.15) is 41.4 Å². The number of nitrogens with zero attached hydrogens (tertiary/aromatic N) is 1. The summed E-state index contributed by atoms with van der Waals surface area (Å²) in [6.07, 6.45) is -3.23. The minimum absolute atomic E-state index is 0.0683. The fourth-order valence-electron chi connectivity index (χ4n) is 2.79. The van der Waals surface area contributed by atoms with Crippen LogP contribution in [-0.2, 0) is 23.6 Å². The number of nitrogens with one attached hydrogen (secondary N) is 1. The summed E-state index contributed by atoms with van der Waals surface area (Å²) in [6, 6.07) is 1.05. The van der Waals surface area contributed by atoms with Gasteiger partial charge in [-0.2, -0.15) is 9.05 Å². The molecule has 0 aromatic carbocycles. The average Bonchev–Trinajstić information content (AvgIpc) is 3.06. The number of aromatic nitrogens is 2. The number of aliphatic hydroxyl groups excluding tert-OH is 2. The van der Waals surface area contributed by atoms with Crippen LogP contribution in [0.2, 0.25) is 0 Å². The summed E-state index contributed by atoms with van der Waals surface area (Å²) in [5.74, 6) is -0.219. The molecule has 1 aromatic rings. The van der Waals surface area contributed by atoms with Crippen LogP contribution in [0, 0.1) is 0 Å². The number of aromatic amines is 1. The van der Waals surface area contributed by atoms with Gasteiger partial charge in [0.15, 0.2) is 6.23 Å². The van der Waals surface area contributed by atoms with Crippen molar-refractivity contribution in [1.29, 1.82) is 0 Å². The molecule has 12 nitrogen and oxygen atoms in total. The van der Waals surface area contributed by atoms with Gasteiger partial charge in [-0.3, -0.25) is 14.3 Å². The van der Waals surface area contributed by atoms with Crippen molar-refractivity contribution in [3.05, 3.63) is 33.1 Å². The lowest BCUT2D eigenvalue weighted by Gasteiger charge is -2.22. The number of rotatable bonds is 6. The van der Waals surface area contributed by atoms with Crippen LogP contribution in [0.3, 0.4) is 0 Å². The fraction of sp³-hybridized carbons (Fsp3) is 0.692. The van der Waals surface area contributed by atoms with Crippen LogP contribution in [0.1, 0.15) is 6.23 Å². The first kappa shape index (κ1) is 21.9. The lowest BCUT2D eigenvalue weighted by atomic mass is 10.1. The topological polar surface area (TPSA) is 180 Å². The molecule has 2 unspecified atom stereocenters. The van der Waals surface area contributed by atoms with E-state index in [2.05, 4.69) is 0 Å². The van der Waals surface area contributed by atoms with Crippen molar-refractivity contribution in [3.8, 4) is 0 Å². The molecule has 158 valence electrons. The van der Waals surface area contributed by atoms with Gasteiger partial charge in [0.2, 0.25) is 0 Å². The van der Waals surface area contributed by atoms with Gasteiger partial charge in [0.25, 0.3) is 12.7 Å². The van der Waals surface area contributed by atoms with Crippen molar-refractivity contribution in [2.24, 2.45) is 0 Å². The second-order valence-corrected chi connectivity index (χ2v) is 12.9. The Morgan fingerprint density at radius 3 is 2.79 bits per heavy atom. The molecule has 28 heavy (non-hydrogen) atoms. The third-order valence-electron chi connectivity index (χ3n) is 4.04. The van der Waals surface area contributed by atoms with E-state index in [1.165, 1.54) is 0 Å². The molecule has 2 aliphatic rings. The van der Waals surface area contributed by atoms with E-state index < -0.39 is 64.6 Å². The molecule has 2 saturated heterocycles. The second kappa shape index (κ2) is 8.13. The zero-order valence-electron chi connectivity index (χ0n) is 14.5. The number of hydrogen-bond donors (Lipinski definition) is 3. The van der Waals surface area contributed by atoms with E-state index in [1.54, 1.807) is 0 Å². The molecule has 0 saturated carbocycles. The Hall–Kier alpha value is -0.830. The van der Waals surface area contributed by atoms with Gasteiger partial charge in [0.05, 0.1) is 22.4 Å². The van der Waals surface area contributed by atoms with Crippen LogP contribution in [0.25, 0.3) is 0 Å². The van der Waals surface area contributed by atoms with E-state index in [-0.39, 0.29) is 12.4 Å².